The van der Waals surface area contributed by atoms with Crippen LogP contribution in [0.3, 0.4) is 0 Å². The Hall–Kier alpha value is -4.88. The molecule has 1 aliphatic carbocycles. The minimum atomic E-state index is 0.976. The van der Waals surface area contributed by atoms with E-state index in [1.807, 2.05) is 0 Å². The van der Waals surface area contributed by atoms with Crippen molar-refractivity contribution in [3.8, 4) is 55.6 Å². The number of benzene rings is 6. The predicted octanol–water partition coefficient (Wildman–Crippen LogP) is 10.3. The van der Waals surface area contributed by atoms with Gasteiger partial charge in [-0.2, -0.15) is 0 Å². The largest absolute Gasteiger partial charge is 0.378 e. The van der Waals surface area contributed by atoms with Crippen molar-refractivity contribution in [1.29, 1.82) is 0 Å². The van der Waals surface area contributed by atoms with Crippen LogP contribution in [0.5, 0.6) is 0 Å². The van der Waals surface area contributed by atoms with Crippen LogP contribution in [-0.2, 0) is 6.42 Å². The van der Waals surface area contributed by atoms with Gasteiger partial charge in [0, 0.05) is 19.8 Å². The highest BCUT2D eigenvalue weighted by atomic mass is 15.1. The molecule has 7 rings (SSSR count). The number of nitrogens with zero attached hydrogens (tertiary/aromatic N) is 1. The van der Waals surface area contributed by atoms with Gasteiger partial charge in [-0.1, -0.05) is 127 Å². The second-order valence-electron chi connectivity index (χ2n) is 11.4. The zero-order valence-corrected chi connectivity index (χ0v) is 23.9. The predicted molar refractivity (Wildman–Crippen MR) is 175 cm³/mol. The Morgan fingerprint density at radius 2 is 0.707 bits per heavy atom. The van der Waals surface area contributed by atoms with E-state index in [4.69, 9.17) is 0 Å². The molecular weight excluding hydrogens is 494 g/mol. The molecule has 0 unspecified atom stereocenters. The van der Waals surface area contributed by atoms with Gasteiger partial charge < -0.3 is 4.90 Å². The van der Waals surface area contributed by atoms with E-state index in [0.717, 1.165) is 6.42 Å². The molecular formula is C40H33N. The topological polar surface area (TPSA) is 3.24 Å². The molecule has 0 spiro atoms. The third-order valence-corrected chi connectivity index (χ3v) is 8.42. The summed E-state index contributed by atoms with van der Waals surface area (Å²) >= 11 is 0. The molecule has 41 heavy (non-hydrogen) atoms. The van der Waals surface area contributed by atoms with E-state index in [1.54, 1.807) is 0 Å². The van der Waals surface area contributed by atoms with E-state index < -0.39 is 0 Å². The zero-order valence-electron chi connectivity index (χ0n) is 23.9. The number of hydrogen-bond acceptors (Lipinski definition) is 1. The van der Waals surface area contributed by atoms with Crippen LogP contribution in [0, 0.1) is 6.92 Å². The highest BCUT2D eigenvalue weighted by Crippen LogP contribution is 2.41. The summed E-state index contributed by atoms with van der Waals surface area (Å²) in [5, 5.41) is 0. The van der Waals surface area contributed by atoms with Gasteiger partial charge in [-0.25, -0.2) is 0 Å². The Bertz CT molecular complexity index is 1840. The lowest BCUT2D eigenvalue weighted by molar-refractivity contribution is 1.13. The van der Waals surface area contributed by atoms with Crippen LogP contribution >= 0.6 is 0 Å². The van der Waals surface area contributed by atoms with Crippen molar-refractivity contribution in [3.05, 3.63) is 150 Å². The fourth-order valence-electron chi connectivity index (χ4n) is 5.98. The normalized spacial score (nSPS) is 11.7. The summed E-state index contributed by atoms with van der Waals surface area (Å²) in [4.78, 5) is 2.13. The van der Waals surface area contributed by atoms with Gasteiger partial charge in [0.25, 0.3) is 0 Å². The van der Waals surface area contributed by atoms with Crippen LogP contribution in [0.15, 0.2) is 133 Å². The molecule has 6 aromatic carbocycles. The van der Waals surface area contributed by atoms with Crippen molar-refractivity contribution < 1.29 is 0 Å². The van der Waals surface area contributed by atoms with Crippen LogP contribution in [0.25, 0.3) is 55.6 Å². The van der Waals surface area contributed by atoms with Crippen LogP contribution in [0.1, 0.15) is 16.7 Å². The Kier molecular flexibility index (Phi) is 6.29. The number of anilines is 1. The van der Waals surface area contributed by atoms with Crippen LogP contribution < -0.4 is 4.90 Å². The highest BCUT2D eigenvalue weighted by Gasteiger charge is 2.19. The fraction of sp³-hybridized carbons (Fsp3) is 0.100. The summed E-state index contributed by atoms with van der Waals surface area (Å²) in [6, 6.07) is 49.3. The van der Waals surface area contributed by atoms with Gasteiger partial charge in [-0.05, 0) is 92.2 Å². The summed E-state index contributed by atoms with van der Waals surface area (Å²) in [5.74, 6) is 0. The number of fused-ring (bicyclic) bond motifs is 3. The molecule has 1 nitrogen and oxygen atoms in total. The van der Waals surface area contributed by atoms with Crippen molar-refractivity contribution in [3.63, 3.8) is 0 Å². The Labute approximate surface area is 243 Å². The third kappa shape index (κ3) is 4.85. The smallest absolute Gasteiger partial charge is 0.0361 e. The molecule has 0 saturated carbocycles. The molecule has 0 heterocycles. The van der Waals surface area contributed by atoms with Gasteiger partial charge in [-0.15, -0.1) is 0 Å². The van der Waals surface area contributed by atoms with Crippen LogP contribution in [0.2, 0.25) is 0 Å². The maximum atomic E-state index is 2.38. The molecule has 1 aliphatic rings. The molecule has 0 radical (unpaired) electrons. The number of rotatable bonds is 5. The molecule has 0 atom stereocenters. The first-order chi connectivity index (χ1) is 20.0. The molecule has 0 aliphatic heterocycles. The molecule has 6 aromatic rings. The first-order valence-corrected chi connectivity index (χ1v) is 14.3. The summed E-state index contributed by atoms with van der Waals surface area (Å²) in [6.45, 7) is 2.13. The minimum Gasteiger partial charge on any atom is -0.378 e. The van der Waals surface area contributed by atoms with Crippen molar-refractivity contribution in [1.82, 2.24) is 0 Å². The van der Waals surface area contributed by atoms with Gasteiger partial charge in [0.15, 0.2) is 0 Å². The first kappa shape index (κ1) is 25.1. The monoisotopic (exact) mass is 527 g/mol. The molecule has 0 amide bonds. The summed E-state index contributed by atoms with van der Waals surface area (Å²) in [7, 11) is 4.15. The van der Waals surface area contributed by atoms with E-state index in [1.165, 1.54) is 78.0 Å². The second kappa shape index (κ2) is 10.3. The lowest BCUT2D eigenvalue weighted by Gasteiger charge is -2.13. The first-order valence-electron chi connectivity index (χ1n) is 14.3. The van der Waals surface area contributed by atoms with Gasteiger partial charge >= 0.3 is 0 Å². The average Bonchev–Trinajstić information content (AvgIpc) is 3.39. The fourth-order valence-corrected chi connectivity index (χ4v) is 5.98. The maximum absolute atomic E-state index is 2.38. The summed E-state index contributed by atoms with van der Waals surface area (Å²) in [6.07, 6.45) is 0.976. The lowest BCUT2D eigenvalue weighted by Crippen LogP contribution is -2.07. The molecule has 0 fully saturated rings. The number of aryl methyl sites for hydroxylation is 1. The summed E-state index contributed by atoms with van der Waals surface area (Å²) < 4.78 is 0. The Morgan fingerprint density at radius 3 is 1.10 bits per heavy atom. The van der Waals surface area contributed by atoms with Crippen molar-refractivity contribution in [2.75, 3.05) is 19.0 Å². The highest BCUT2D eigenvalue weighted by molar-refractivity contribution is 5.83. The van der Waals surface area contributed by atoms with E-state index in [2.05, 4.69) is 159 Å². The zero-order chi connectivity index (χ0) is 27.9. The second-order valence-corrected chi connectivity index (χ2v) is 11.4. The molecule has 0 saturated heterocycles. The van der Waals surface area contributed by atoms with E-state index in [0.29, 0.717) is 0 Å². The molecule has 0 bridgehead atoms. The molecule has 0 N–H and O–H groups in total. The van der Waals surface area contributed by atoms with Crippen molar-refractivity contribution in [2.45, 2.75) is 13.3 Å². The van der Waals surface area contributed by atoms with Crippen LogP contribution in [-0.4, -0.2) is 14.1 Å². The van der Waals surface area contributed by atoms with Gasteiger partial charge in [0.1, 0.15) is 0 Å². The van der Waals surface area contributed by atoms with E-state index >= 15 is 0 Å². The molecule has 0 aromatic heterocycles. The Balaban J connectivity index is 1.10. The number of hydrogen-bond donors (Lipinski definition) is 0. The molecule has 198 valence electrons. The van der Waals surface area contributed by atoms with Crippen molar-refractivity contribution in [2.24, 2.45) is 0 Å². The average molecular weight is 528 g/mol. The van der Waals surface area contributed by atoms with E-state index in [-0.39, 0.29) is 0 Å². The Morgan fingerprint density at radius 1 is 0.390 bits per heavy atom. The standard InChI is InChI=1S/C40H33N/c1-27-4-6-28(7-5-27)29-8-12-32(13-9-29)34-18-22-39-36(24-34)26-37-25-35(19-23-40(37)39)33-14-10-30(11-15-33)31-16-20-38(21-17-31)41(2)3/h4-25H,26H2,1-3H3. The van der Waals surface area contributed by atoms with Crippen molar-refractivity contribution >= 4 is 5.69 Å². The maximum Gasteiger partial charge on any atom is 0.0361 e. The van der Waals surface area contributed by atoms with Crippen LogP contribution in [0.4, 0.5) is 5.69 Å². The molecule has 1 heteroatoms. The SMILES string of the molecule is Cc1ccc(-c2ccc(-c3ccc4c(c3)Cc3cc(-c5ccc(-c6ccc(N(C)C)cc6)cc5)ccc3-4)cc2)cc1. The van der Waals surface area contributed by atoms with Gasteiger partial charge in [0.05, 0.1) is 0 Å². The third-order valence-electron chi connectivity index (χ3n) is 8.42. The van der Waals surface area contributed by atoms with Gasteiger partial charge in [0.2, 0.25) is 0 Å². The summed E-state index contributed by atoms with van der Waals surface area (Å²) in [5.41, 5.74) is 18.1. The van der Waals surface area contributed by atoms with E-state index in [9.17, 15) is 0 Å². The lowest BCUT2D eigenvalue weighted by atomic mass is 9.96. The quantitative estimate of drug-likeness (QED) is 0.215. The minimum absolute atomic E-state index is 0.976. The van der Waals surface area contributed by atoms with Gasteiger partial charge in [-0.3, -0.25) is 0 Å².